The molecule has 1 aromatic rings. The molecular formula is C13H22N2O4S. The highest BCUT2D eigenvalue weighted by Crippen LogP contribution is 2.22. The Morgan fingerprint density at radius 1 is 1.30 bits per heavy atom. The molecule has 1 aromatic carbocycles. The fourth-order valence-corrected chi connectivity index (χ4v) is 2.77. The predicted octanol–water partition coefficient (Wildman–Crippen LogP) is 0.729. The fraction of sp³-hybridized carbons (Fsp3) is 0.538. The lowest BCUT2D eigenvalue weighted by Crippen LogP contribution is -2.27. The van der Waals surface area contributed by atoms with Gasteiger partial charge in [-0.1, -0.05) is 0 Å². The van der Waals surface area contributed by atoms with Gasteiger partial charge in [0.25, 0.3) is 0 Å². The summed E-state index contributed by atoms with van der Waals surface area (Å²) >= 11 is 0. The van der Waals surface area contributed by atoms with Gasteiger partial charge in [-0.25, -0.2) is 13.1 Å². The first-order valence-corrected chi connectivity index (χ1v) is 7.92. The SMILES string of the molecule is CCOc1ccc(S(=O)(=O)NCCOC)cc1CNC. The molecule has 6 nitrogen and oxygen atoms in total. The molecule has 0 atom stereocenters. The van der Waals surface area contributed by atoms with Crippen LogP contribution in [0.4, 0.5) is 0 Å². The molecule has 0 aliphatic rings. The van der Waals surface area contributed by atoms with Crippen molar-refractivity contribution in [2.75, 3.05) is 33.9 Å². The summed E-state index contributed by atoms with van der Waals surface area (Å²) in [6.45, 7) is 3.54. The van der Waals surface area contributed by atoms with Crippen LogP contribution < -0.4 is 14.8 Å². The molecule has 0 aromatic heterocycles. The molecule has 0 amide bonds. The van der Waals surface area contributed by atoms with E-state index in [1.807, 2.05) is 6.92 Å². The number of ether oxygens (including phenoxy) is 2. The van der Waals surface area contributed by atoms with E-state index >= 15 is 0 Å². The van der Waals surface area contributed by atoms with Crippen LogP contribution >= 0.6 is 0 Å². The van der Waals surface area contributed by atoms with Crippen molar-refractivity contribution in [3.63, 3.8) is 0 Å². The summed E-state index contributed by atoms with van der Waals surface area (Å²) in [5, 5.41) is 3.00. The quantitative estimate of drug-likeness (QED) is 0.658. The van der Waals surface area contributed by atoms with Crippen molar-refractivity contribution < 1.29 is 17.9 Å². The zero-order chi connectivity index (χ0) is 15.0. The zero-order valence-corrected chi connectivity index (χ0v) is 12.9. The van der Waals surface area contributed by atoms with Gasteiger partial charge in [0.15, 0.2) is 0 Å². The molecule has 0 fully saturated rings. The van der Waals surface area contributed by atoms with Gasteiger partial charge in [0, 0.05) is 25.8 Å². The van der Waals surface area contributed by atoms with E-state index in [2.05, 4.69) is 10.0 Å². The van der Waals surface area contributed by atoms with Gasteiger partial charge in [-0.2, -0.15) is 0 Å². The minimum absolute atomic E-state index is 0.224. The number of sulfonamides is 1. The van der Waals surface area contributed by atoms with E-state index in [0.29, 0.717) is 25.5 Å². The standard InChI is InChI=1S/C13H22N2O4S/c1-4-19-13-6-5-12(9-11(13)10-14-2)20(16,17)15-7-8-18-3/h5-6,9,14-15H,4,7-8,10H2,1-3H3. The molecule has 0 aliphatic carbocycles. The maximum atomic E-state index is 12.1. The van der Waals surface area contributed by atoms with Gasteiger partial charge in [0.2, 0.25) is 10.0 Å². The van der Waals surface area contributed by atoms with E-state index in [-0.39, 0.29) is 11.4 Å². The van der Waals surface area contributed by atoms with Crippen molar-refractivity contribution in [3.05, 3.63) is 23.8 Å². The van der Waals surface area contributed by atoms with E-state index in [1.165, 1.54) is 7.11 Å². The fourth-order valence-electron chi connectivity index (χ4n) is 1.71. The molecule has 0 saturated heterocycles. The van der Waals surface area contributed by atoms with Crippen molar-refractivity contribution in [1.82, 2.24) is 10.0 Å². The summed E-state index contributed by atoms with van der Waals surface area (Å²) in [5.41, 5.74) is 0.809. The van der Waals surface area contributed by atoms with Crippen LogP contribution in [-0.4, -0.2) is 42.3 Å². The number of rotatable bonds is 9. The average Bonchev–Trinajstić information content (AvgIpc) is 2.41. The molecule has 0 heterocycles. The lowest BCUT2D eigenvalue weighted by molar-refractivity contribution is 0.204. The monoisotopic (exact) mass is 302 g/mol. The van der Waals surface area contributed by atoms with Crippen molar-refractivity contribution >= 4 is 10.0 Å². The maximum Gasteiger partial charge on any atom is 0.240 e. The molecule has 0 radical (unpaired) electrons. The Balaban J connectivity index is 2.97. The molecule has 1 rings (SSSR count). The lowest BCUT2D eigenvalue weighted by Gasteiger charge is -2.12. The van der Waals surface area contributed by atoms with Gasteiger partial charge in [0.1, 0.15) is 5.75 Å². The first-order chi connectivity index (χ1) is 9.55. The van der Waals surface area contributed by atoms with Crippen molar-refractivity contribution in [3.8, 4) is 5.75 Å². The molecule has 2 N–H and O–H groups in total. The molecule has 0 unspecified atom stereocenters. The summed E-state index contributed by atoms with van der Waals surface area (Å²) in [6.07, 6.45) is 0. The smallest absolute Gasteiger partial charge is 0.240 e. The molecule has 0 bridgehead atoms. The van der Waals surface area contributed by atoms with E-state index in [0.717, 1.165) is 5.56 Å². The van der Waals surface area contributed by atoms with Crippen LogP contribution in [-0.2, 0) is 21.3 Å². The number of hydrogen-bond donors (Lipinski definition) is 2. The van der Waals surface area contributed by atoms with Gasteiger partial charge in [-0.05, 0) is 32.2 Å². The Labute approximate surface area is 120 Å². The third kappa shape index (κ3) is 4.75. The van der Waals surface area contributed by atoms with Crippen LogP contribution in [0.3, 0.4) is 0 Å². The minimum Gasteiger partial charge on any atom is -0.494 e. The normalized spacial score (nSPS) is 11.6. The number of hydrogen-bond acceptors (Lipinski definition) is 5. The number of methoxy groups -OCH3 is 1. The van der Waals surface area contributed by atoms with Crippen LogP contribution in [0.5, 0.6) is 5.75 Å². The highest BCUT2D eigenvalue weighted by molar-refractivity contribution is 7.89. The van der Waals surface area contributed by atoms with E-state index < -0.39 is 10.0 Å². The summed E-state index contributed by atoms with van der Waals surface area (Å²) in [6, 6.07) is 4.84. The first kappa shape index (κ1) is 16.9. The van der Waals surface area contributed by atoms with Gasteiger partial charge < -0.3 is 14.8 Å². The van der Waals surface area contributed by atoms with Crippen LogP contribution in [0, 0.1) is 0 Å². The largest absolute Gasteiger partial charge is 0.494 e. The highest BCUT2D eigenvalue weighted by atomic mass is 32.2. The maximum absolute atomic E-state index is 12.1. The van der Waals surface area contributed by atoms with Gasteiger partial charge in [-0.3, -0.25) is 0 Å². The molecule has 0 saturated carbocycles. The van der Waals surface area contributed by atoms with Crippen LogP contribution in [0.25, 0.3) is 0 Å². The van der Waals surface area contributed by atoms with Crippen LogP contribution in [0.15, 0.2) is 23.1 Å². The number of nitrogens with one attached hydrogen (secondary N) is 2. The summed E-state index contributed by atoms with van der Waals surface area (Å²) < 4.78 is 37.0. The second-order valence-corrected chi connectivity index (χ2v) is 5.89. The Bertz CT molecular complexity index is 517. The topological polar surface area (TPSA) is 76.7 Å². The van der Waals surface area contributed by atoms with E-state index in [1.54, 1.807) is 25.2 Å². The van der Waals surface area contributed by atoms with Crippen molar-refractivity contribution in [1.29, 1.82) is 0 Å². The molecular weight excluding hydrogens is 280 g/mol. The lowest BCUT2D eigenvalue weighted by atomic mass is 10.2. The van der Waals surface area contributed by atoms with Crippen molar-refractivity contribution in [2.45, 2.75) is 18.4 Å². The average molecular weight is 302 g/mol. The molecule has 0 aliphatic heterocycles. The summed E-state index contributed by atoms with van der Waals surface area (Å²) in [7, 11) is -0.195. The highest BCUT2D eigenvalue weighted by Gasteiger charge is 2.15. The Kier molecular flexibility index (Phi) is 6.94. The second kappa shape index (κ2) is 8.21. The summed E-state index contributed by atoms with van der Waals surface area (Å²) in [5.74, 6) is 0.692. The van der Waals surface area contributed by atoms with Gasteiger partial charge in [-0.15, -0.1) is 0 Å². The van der Waals surface area contributed by atoms with Gasteiger partial charge in [0.05, 0.1) is 18.1 Å². The predicted molar refractivity (Wildman–Crippen MR) is 77.4 cm³/mol. The van der Waals surface area contributed by atoms with Crippen LogP contribution in [0.1, 0.15) is 12.5 Å². The third-order valence-corrected chi connectivity index (χ3v) is 4.07. The van der Waals surface area contributed by atoms with Gasteiger partial charge >= 0.3 is 0 Å². The third-order valence-electron chi connectivity index (χ3n) is 2.61. The zero-order valence-electron chi connectivity index (χ0n) is 12.1. The Hall–Kier alpha value is -1.15. The number of benzene rings is 1. The van der Waals surface area contributed by atoms with E-state index in [4.69, 9.17) is 9.47 Å². The minimum atomic E-state index is -3.52. The Morgan fingerprint density at radius 2 is 2.05 bits per heavy atom. The molecule has 114 valence electrons. The molecule has 0 spiro atoms. The molecule has 20 heavy (non-hydrogen) atoms. The summed E-state index contributed by atoms with van der Waals surface area (Å²) in [4.78, 5) is 0.224. The first-order valence-electron chi connectivity index (χ1n) is 6.44. The second-order valence-electron chi connectivity index (χ2n) is 4.12. The van der Waals surface area contributed by atoms with E-state index in [9.17, 15) is 8.42 Å². The van der Waals surface area contributed by atoms with Crippen molar-refractivity contribution in [2.24, 2.45) is 0 Å². The Morgan fingerprint density at radius 3 is 2.65 bits per heavy atom. The van der Waals surface area contributed by atoms with Crippen LogP contribution in [0.2, 0.25) is 0 Å². The molecule has 7 heteroatoms.